The van der Waals surface area contributed by atoms with E-state index in [1.807, 2.05) is 26.8 Å². The molecule has 5 nitrogen and oxygen atoms in total. The second kappa shape index (κ2) is 8.22. The minimum atomic E-state index is -0.602. The fourth-order valence-corrected chi connectivity index (χ4v) is 3.13. The van der Waals surface area contributed by atoms with Crippen LogP contribution in [0.3, 0.4) is 0 Å². The fraction of sp³-hybridized carbons (Fsp3) is 0.174. The van der Waals surface area contributed by atoms with Crippen molar-refractivity contribution >= 4 is 23.2 Å². The van der Waals surface area contributed by atoms with Crippen LogP contribution in [-0.2, 0) is 0 Å². The molecule has 0 bridgehead atoms. The normalized spacial score (nSPS) is 10.5. The molecule has 1 aromatic heterocycles. The zero-order valence-corrected chi connectivity index (χ0v) is 16.8. The molecule has 148 valence electrons. The van der Waals surface area contributed by atoms with Gasteiger partial charge in [0.15, 0.2) is 0 Å². The minimum Gasteiger partial charge on any atom is -0.322 e. The first-order valence-corrected chi connectivity index (χ1v) is 9.19. The highest BCUT2D eigenvalue weighted by Crippen LogP contribution is 2.23. The van der Waals surface area contributed by atoms with Crippen LogP contribution in [-0.4, -0.2) is 16.8 Å². The molecule has 0 aliphatic heterocycles. The minimum absolute atomic E-state index is 0.0567. The Bertz CT molecular complexity index is 1090. The average molecular weight is 391 g/mol. The van der Waals surface area contributed by atoms with E-state index in [9.17, 15) is 14.0 Å². The number of hydrogen-bond acceptors (Lipinski definition) is 3. The fourth-order valence-electron chi connectivity index (χ4n) is 3.13. The van der Waals surface area contributed by atoms with Gasteiger partial charge in [-0.05, 0) is 69.2 Å². The van der Waals surface area contributed by atoms with E-state index in [1.165, 1.54) is 18.2 Å². The number of pyridine rings is 1. The number of nitrogens with zero attached hydrogens (tertiary/aromatic N) is 1. The van der Waals surface area contributed by atoms with Crippen molar-refractivity contribution in [3.63, 3.8) is 0 Å². The Balaban J connectivity index is 1.84. The Morgan fingerprint density at radius 3 is 2.28 bits per heavy atom. The number of amides is 2. The van der Waals surface area contributed by atoms with Crippen LogP contribution in [0, 0.1) is 33.5 Å². The smallest absolute Gasteiger partial charge is 0.258 e. The first-order valence-electron chi connectivity index (χ1n) is 9.19. The van der Waals surface area contributed by atoms with Gasteiger partial charge in [-0.25, -0.2) is 4.39 Å². The Labute approximate surface area is 169 Å². The highest BCUT2D eigenvalue weighted by molar-refractivity contribution is 6.08. The number of halogens is 1. The van der Waals surface area contributed by atoms with Crippen LogP contribution in [0.4, 0.5) is 15.8 Å². The summed E-state index contributed by atoms with van der Waals surface area (Å²) < 4.78 is 13.9. The van der Waals surface area contributed by atoms with Gasteiger partial charge in [-0.15, -0.1) is 0 Å². The summed E-state index contributed by atoms with van der Waals surface area (Å²) in [5, 5.41) is 5.57. The molecular formula is C23H22FN3O2. The van der Waals surface area contributed by atoms with Crippen molar-refractivity contribution in [2.24, 2.45) is 0 Å². The molecule has 0 saturated heterocycles. The molecule has 29 heavy (non-hydrogen) atoms. The van der Waals surface area contributed by atoms with Crippen molar-refractivity contribution in [1.29, 1.82) is 0 Å². The molecule has 0 radical (unpaired) electrons. The first-order chi connectivity index (χ1) is 13.8. The molecule has 2 aromatic carbocycles. The van der Waals surface area contributed by atoms with Crippen LogP contribution in [0.2, 0.25) is 0 Å². The number of hydrogen-bond donors (Lipinski definition) is 2. The Morgan fingerprint density at radius 1 is 0.862 bits per heavy atom. The summed E-state index contributed by atoms with van der Waals surface area (Å²) in [5.74, 6) is -1.49. The Kier molecular flexibility index (Phi) is 5.73. The van der Waals surface area contributed by atoms with E-state index in [1.54, 1.807) is 31.2 Å². The van der Waals surface area contributed by atoms with Crippen molar-refractivity contribution in [1.82, 2.24) is 4.98 Å². The lowest BCUT2D eigenvalue weighted by Gasteiger charge is -2.14. The average Bonchev–Trinajstić information content (AvgIpc) is 2.66. The van der Waals surface area contributed by atoms with Crippen molar-refractivity contribution in [2.45, 2.75) is 27.7 Å². The van der Waals surface area contributed by atoms with Crippen LogP contribution in [0.25, 0.3) is 0 Å². The second-order valence-corrected chi connectivity index (χ2v) is 6.96. The highest BCUT2D eigenvalue weighted by atomic mass is 19.1. The van der Waals surface area contributed by atoms with Crippen LogP contribution in [0.5, 0.6) is 0 Å². The zero-order chi connectivity index (χ0) is 21.1. The van der Waals surface area contributed by atoms with Gasteiger partial charge >= 0.3 is 0 Å². The molecule has 0 aliphatic carbocycles. The molecular weight excluding hydrogens is 369 g/mol. The number of aryl methyl sites for hydroxylation is 4. The summed E-state index contributed by atoms with van der Waals surface area (Å²) >= 11 is 0. The van der Waals surface area contributed by atoms with Gasteiger partial charge in [0.1, 0.15) is 5.82 Å². The Morgan fingerprint density at radius 2 is 1.59 bits per heavy atom. The maximum Gasteiger partial charge on any atom is 0.258 e. The highest BCUT2D eigenvalue weighted by Gasteiger charge is 2.15. The lowest BCUT2D eigenvalue weighted by atomic mass is 10.1. The van der Waals surface area contributed by atoms with Gasteiger partial charge in [0.25, 0.3) is 11.8 Å². The van der Waals surface area contributed by atoms with E-state index in [2.05, 4.69) is 15.6 Å². The van der Waals surface area contributed by atoms with Gasteiger partial charge in [0.2, 0.25) is 0 Å². The maximum absolute atomic E-state index is 13.9. The molecule has 0 fully saturated rings. The zero-order valence-electron chi connectivity index (χ0n) is 16.8. The summed E-state index contributed by atoms with van der Waals surface area (Å²) in [4.78, 5) is 29.6. The summed E-state index contributed by atoms with van der Waals surface area (Å²) in [6, 6.07) is 12.6. The van der Waals surface area contributed by atoms with Gasteiger partial charge < -0.3 is 10.6 Å². The SMILES string of the molecule is Cc1cc(C)c(NC(=O)c2ccc(C)c(NC(=O)c3ccccc3F)c2)c(C)n1. The molecule has 2 N–H and O–H groups in total. The largest absolute Gasteiger partial charge is 0.322 e. The van der Waals surface area contributed by atoms with E-state index >= 15 is 0 Å². The van der Waals surface area contributed by atoms with Crippen LogP contribution >= 0.6 is 0 Å². The standard InChI is InChI=1S/C23H22FN3O2/c1-13-9-10-17(22(28)27-21-14(2)11-15(3)25-16(21)4)12-20(13)26-23(29)18-7-5-6-8-19(18)24/h5-12H,1-4H3,(H,26,29)(H,27,28). The number of carbonyl (C=O) groups excluding carboxylic acids is 2. The third kappa shape index (κ3) is 4.48. The molecule has 0 unspecified atom stereocenters. The van der Waals surface area contributed by atoms with Crippen LogP contribution < -0.4 is 10.6 Å². The summed E-state index contributed by atoms with van der Waals surface area (Å²) in [5.41, 5.74) is 4.72. The van der Waals surface area contributed by atoms with Crippen molar-refractivity contribution in [2.75, 3.05) is 10.6 Å². The van der Waals surface area contributed by atoms with E-state index in [0.29, 0.717) is 16.9 Å². The molecule has 3 rings (SSSR count). The first kappa shape index (κ1) is 20.2. The summed E-state index contributed by atoms with van der Waals surface area (Å²) in [6.07, 6.45) is 0. The van der Waals surface area contributed by atoms with Crippen LogP contribution in [0.1, 0.15) is 43.2 Å². The Hall–Kier alpha value is -3.54. The monoisotopic (exact) mass is 391 g/mol. The number of carbonyl (C=O) groups is 2. The van der Waals surface area contributed by atoms with Gasteiger partial charge in [0, 0.05) is 16.9 Å². The third-order valence-electron chi connectivity index (χ3n) is 4.63. The molecule has 3 aromatic rings. The lowest BCUT2D eigenvalue weighted by Crippen LogP contribution is -2.17. The molecule has 2 amide bonds. The van der Waals surface area contributed by atoms with Gasteiger partial charge in [-0.3, -0.25) is 14.6 Å². The third-order valence-corrected chi connectivity index (χ3v) is 4.63. The van der Waals surface area contributed by atoms with E-state index < -0.39 is 11.7 Å². The van der Waals surface area contributed by atoms with Gasteiger partial charge in [0.05, 0.1) is 16.9 Å². The topological polar surface area (TPSA) is 71.1 Å². The van der Waals surface area contributed by atoms with Gasteiger partial charge in [-0.2, -0.15) is 0 Å². The number of benzene rings is 2. The molecule has 0 aliphatic rings. The second-order valence-electron chi connectivity index (χ2n) is 6.96. The van der Waals surface area contributed by atoms with E-state index in [0.717, 1.165) is 22.5 Å². The summed E-state index contributed by atoms with van der Waals surface area (Å²) in [6.45, 7) is 7.45. The molecule has 0 saturated carbocycles. The molecule has 0 spiro atoms. The number of rotatable bonds is 4. The molecule has 0 atom stereocenters. The predicted octanol–water partition coefficient (Wildman–Crippen LogP) is 4.96. The maximum atomic E-state index is 13.9. The van der Waals surface area contributed by atoms with Gasteiger partial charge in [-0.1, -0.05) is 18.2 Å². The summed E-state index contributed by atoms with van der Waals surface area (Å²) in [7, 11) is 0. The van der Waals surface area contributed by atoms with E-state index in [-0.39, 0.29) is 11.5 Å². The van der Waals surface area contributed by atoms with E-state index in [4.69, 9.17) is 0 Å². The predicted molar refractivity (Wildman–Crippen MR) is 112 cm³/mol. The quantitative estimate of drug-likeness (QED) is 0.660. The van der Waals surface area contributed by atoms with Crippen LogP contribution in [0.15, 0.2) is 48.5 Å². The van der Waals surface area contributed by atoms with Crippen molar-refractivity contribution in [3.8, 4) is 0 Å². The number of anilines is 2. The lowest BCUT2D eigenvalue weighted by molar-refractivity contribution is 0.101. The van der Waals surface area contributed by atoms with Crippen molar-refractivity contribution in [3.05, 3.63) is 88.0 Å². The number of aromatic nitrogens is 1. The van der Waals surface area contributed by atoms with Crippen molar-refractivity contribution < 1.29 is 14.0 Å². The molecule has 6 heteroatoms. The number of nitrogens with one attached hydrogen (secondary N) is 2. The molecule has 1 heterocycles.